The summed E-state index contributed by atoms with van der Waals surface area (Å²) in [5.41, 5.74) is 0.366. The van der Waals surface area contributed by atoms with Crippen molar-refractivity contribution < 1.29 is 14.6 Å². The number of aliphatic imine (C=N–C) groups is 1. The van der Waals surface area contributed by atoms with E-state index in [1.54, 1.807) is 42.5 Å². The second-order valence-corrected chi connectivity index (χ2v) is 3.24. The molecule has 84 valence electrons. The van der Waals surface area contributed by atoms with Gasteiger partial charge in [-0.25, -0.2) is 4.79 Å². The van der Waals surface area contributed by atoms with Crippen LogP contribution in [0.4, 0.5) is 5.69 Å². The molecule has 0 saturated carbocycles. The van der Waals surface area contributed by atoms with Crippen molar-refractivity contribution in [1.82, 2.24) is 0 Å². The third-order valence-corrected chi connectivity index (χ3v) is 2.12. The Labute approximate surface area is 97.8 Å². The Kier molecular flexibility index (Phi) is 3.19. The lowest BCUT2D eigenvalue weighted by Gasteiger charge is -2.08. The molecule has 2 aromatic rings. The van der Waals surface area contributed by atoms with Crippen LogP contribution in [0, 0.1) is 0 Å². The first-order valence-electron chi connectivity index (χ1n) is 4.94. The summed E-state index contributed by atoms with van der Waals surface area (Å²) in [7, 11) is 0. The van der Waals surface area contributed by atoms with Crippen molar-refractivity contribution in [3.8, 4) is 17.2 Å². The summed E-state index contributed by atoms with van der Waals surface area (Å²) >= 11 is 0. The lowest BCUT2D eigenvalue weighted by molar-refractivity contribution is 0.412. The summed E-state index contributed by atoms with van der Waals surface area (Å²) in [6.07, 6.45) is 1.46. The van der Waals surface area contributed by atoms with Gasteiger partial charge in [0.05, 0.1) is 0 Å². The average Bonchev–Trinajstić information content (AvgIpc) is 2.35. The van der Waals surface area contributed by atoms with Gasteiger partial charge in [-0.15, -0.1) is 0 Å². The van der Waals surface area contributed by atoms with Crippen molar-refractivity contribution in [2.24, 2.45) is 4.99 Å². The monoisotopic (exact) mass is 227 g/mol. The number of isocyanates is 1. The van der Waals surface area contributed by atoms with Crippen LogP contribution >= 0.6 is 0 Å². The van der Waals surface area contributed by atoms with Gasteiger partial charge < -0.3 is 9.84 Å². The summed E-state index contributed by atoms with van der Waals surface area (Å²) in [4.78, 5) is 13.8. The molecule has 0 aliphatic carbocycles. The number of benzene rings is 2. The quantitative estimate of drug-likeness (QED) is 0.647. The van der Waals surface area contributed by atoms with Crippen LogP contribution in [-0.4, -0.2) is 11.2 Å². The van der Waals surface area contributed by atoms with E-state index in [-0.39, 0.29) is 5.75 Å². The SMILES string of the molecule is O=C=Nc1ccccc1Oc1ccccc1O. The summed E-state index contributed by atoms with van der Waals surface area (Å²) in [6, 6.07) is 13.3. The summed E-state index contributed by atoms with van der Waals surface area (Å²) < 4.78 is 5.47. The number of phenolic OH excluding ortho intramolecular Hbond substituents is 1. The normalized spacial score (nSPS) is 9.41. The third-order valence-electron chi connectivity index (χ3n) is 2.12. The van der Waals surface area contributed by atoms with Crippen LogP contribution in [0.2, 0.25) is 0 Å². The topological polar surface area (TPSA) is 58.9 Å². The number of hydrogen-bond acceptors (Lipinski definition) is 4. The lowest BCUT2D eigenvalue weighted by atomic mass is 10.3. The van der Waals surface area contributed by atoms with Gasteiger partial charge in [-0.05, 0) is 24.3 Å². The van der Waals surface area contributed by atoms with Gasteiger partial charge in [0.2, 0.25) is 6.08 Å². The molecule has 4 heteroatoms. The molecule has 0 bridgehead atoms. The molecule has 17 heavy (non-hydrogen) atoms. The number of para-hydroxylation sites is 4. The Bertz CT molecular complexity index is 574. The van der Waals surface area contributed by atoms with Crippen molar-refractivity contribution in [3.05, 3.63) is 48.5 Å². The molecule has 2 aromatic carbocycles. The molecule has 0 unspecified atom stereocenters. The Morgan fingerprint density at radius 2 is 1.65 bits per heavy atom. The van der Waals surface area contributed by atoms with Crippen molar-refractivity contribution in [2.75, 3.05) is 0 Å². The second kappa shape index (κ2) is 4.96. The molecule has 0 amide bonds. The van der Waals surface area contributed by atoms with Crippen LogP contribution < -0.4 is 4.74 Å². The van der Waals surface area contributed by atoms with Gasteiger partial charge in [-0.3, -0.25) is 0 Å². The number of nitrogens with zero attached hydrogens (tertiary/aromatic N) is 1. The number of rotatable bonds is 3. The van der Waals surface area contributed by atoms with E-state index >= 15 is 0 Å². The lowest BCUT2D eigenvalue weighted by Crippen LogP contribution is -1.84. The summed E-state index contributed by atoms with van der Waals surface area (Å²) in [5, 5.41) is 9.56. The third kappa shape index (κ3) is 2.51. The Balaban J connectivity index is 2.36. The number of carbonyl (C=O) groups excluding carboxylic acids is 1. The maximum Gasteiger partial charge on any atom is 0.240 e. The Morgan fingerprint density at radius 3 is 2.35 bits per heavy atom. The summed E-state index contributed by atoms with van der Waals surface area (Å²) in [6.45, 7) is 0. The van der Waals surface area contributed by atoms with Gasteiger partial charge in [0.15, 0.2) is 17.2 Å². The Morgan fingerprint density at radius 1 is 1.00 bits per heavy atom. The van der Waals surface area contributed by atoms with Crippen molar-refractivity contribution in [3.63, 3.8) is 0 Å². The first-order chi connectivity index (χ1) is 8.31. The zero-order valence-corrected chi connectivity index (χ0v) is 8.83. The molecule has 0 atom stereocenters. The zero-order chi connectivity index (χ0) is 12.1. The highest BCUT2D eigenvalue weighted by atomic mass is 16.5. The van der Waals surface area contributed by atoms with E-state index in [1.807, 2.05) is 0 Å². The molecule has 1 N–H and O–H groups in total. The fraction of sp³-hybridized carbons (Fsp3) is 0. The highest BCUT2D eigenvalue weighted by Crippen LogP contribution is 2.35. The molecule has 0 aliphatic heterocycles. The van der Waals surface area contributed by atoms with E-state index in [1.165, 1.54) is 12.1 Å². The predicted octanol–water partition coefficient (Wildman–Crippen LogP) is 3.15. The van der Waals surface area contributed by atoms with Gasteiger partial charge >= 0.3 is 0 Å². The number of aromatic hydroxyl groups is 1. The van der Waals surface area contributed by atoms with Gasteiger partial charge in [-0.1, -0.05) is 24.3 Å². The van der Waals surface area contributed by atoms with E-state index in [9.17, 15) is 9.90 Å². The molecule has 0 aliphatic rings. The molecule has 0 aromatic heterocycles. The zero-order valence-electron chi connectivity index (χ0n) is 8.83. The van der Waals surface area contributed by atoms with Crippen LogP contribution in [0.1, 0.15) is 0 Å². The molecule has 0 heterocycles. The summed E-state index contributed by atoms with van der Waals surface area (Å²) in [5.74, 6) is 0.718. The largest absolute Gasteiger partial charge is 0.504 e. The standard InChI is InChI=1S/C13H9NO3/c15-9-14-10-5-1-3-7-12(10)17-13-8-4-2-6-11(13)16/h1-8,16H. The van der Waals surface area contributed by atoms with Gasteiger partial charge in [0.1, 0.15) is 5.69 Å². The fourth-order valence-electron chi connectivity index (χ4n) is 1.35. The molecule has 2 rings (SSSR count). The van der Waals surface area contributed by atoms with Crippen LogP contribution in [0.5, 0.6) is 17.2 Å². The van der Waals surface area contributed by atoms with Gasteiger partial charge in [0.25, 0.3) is 0 Å². The fourth-order valence-corrected chi connectivity index (χ4v) is 1.35. The average molecular weight is 227 g/mol. The van der Waals surface area contributed by atoms with Crippen molar-refractivity contribution >= 4 is 11.8 Å². The first kappa shape index (κ1) is 10.9. The van der Waals surface area contributed by atoms with E-state index in [2.05, 4.69) is 4.99 Å². The van der Waals surface area contributed by atoms with Crippen LogP contribution in [0.15, 0.2) is 53.5 Å². The minimum Gasteiger partial charge on any atom is -0.504 e. The van der Waals surface area contributed by atoms with E-state index in [4.69, 9.17) is 4.74 Å². The van der Waals surface area contributed by atoms with Crippen LogP contribution in [0.3, 0.4) is 0 Å². The number of phenols is 1. The minimum atomic E-state index is 0.0254. The molecule has 0 fully saturated rings. The minimum absolute atomic E-state index is 0.0254. The highest BCUT2D eigenvalue weighted by molar-refractivity contribution is 5.59. The van der Waals surface area contributed by atoms with Gasteiger partial charge in [0, 0.05) is 0 Å². The van der Waals surface area contributed by atoms with Crippen LogP contribution in [-0.2, 0) is 4.79 Å². The highest BCUT2D eigenvalue weighted by Gasteiger charge is 2.06. The maximum absolute atomic E-state index is 10.2. The maximum atomic E-state index is 10.2. The van der Waals surface area contributed by atoms with Crippen molar-refractivity contribution in [1.29, 1.82) is 0 Å². The molecule has 0 saturated heterocycles. The predicted molar refractivity (Wildman–Crippen MR) is 62.4 cm³/mol. The van der Waals surface area contributed by atoms with Gasteiger partial charge in [-0.2, -0.15) is 4.99 Å². The smallest absolute Gasteiger partial charge is 0.240 e. The molecular formula is C13H9NO3. The molecule has 0 spiro atoms. The van der Waals surface area contributed by atoms with Crippen molar-refractivity contribution in [2.45, 2.75) is 0 Å². The van der Waals surface area contributed by atoms with E-state index < -0.39 is 0 Å². The van der Waals surface area contributed by atoms with E-state index in [0.29, 0.717) is 17.2 Å². The number of hydrogen-bond donors (Lipinski definition) is 1. The second-order valence-electron chi connectivity index (χ2n) is 3.24. The molecule has 0 radical (unpaired) electrons. The number of ether oxygens (including phenoxy) is 1. The molecular weight excluding hydrogens is 218 g/mol. The van der Waals surface area contributed by atoms with Crippen LogP contribution in [0.25, 0.3) is 0 Å². The van der Waals surface area contributed by atoms with E-state index in [0.717, 1.165) is 0 Å². The first-order valence-corrected chi connectivity index (χ1v) is 4.94. The Hall–Kier alpha value is -2.58. The molecule has 4 nitrogen and oxygen atoms in total.